The zero-order valence-corrected chi connectivity index (χ0v) is 6.85. The highest BCUT2D eigenvalue weighted by molar-refractivity contribution is 4.73. The van der Waals surface area contributed by atoms with Gasteiger partial charge in [-0.15, -0.1) is 0 Å². The van der Waals surface area contributed by atoms with Crippen LogP contribution >= 0.6 is 0 Å². The van der Waals surface area contributed by atoms with Crippen molar-refractivity contribution in [3.8, 4) is 0 Å². The van der Waals surface area contributed by atoms with E-state index < -0.39 is 0 Å². The minimum absolute atomic E-state index is 0.971. The maximum absolute atomic E-state index is 2.40. The molecule has 0 heterocycles. The lowest BCUT2D eigenvalue weighted by Gasteiger charge is -2.31. The van der Waals surface area contributed by atoms with E-state index >= 15 is 0 Å². The average molecular weight is 126 g/mol. The van der Waals surface area contributed by atoms with Gasteiger partial charge in [0.05, 0.1) is 0 Å². The van der Waals surface area contributed by atoms with Gasteiger partial charge in [-0.2, -0.15) is 0 Å². The van der Waals surface area contributed by atoms with E-state index in [9.17, 15) is 0 Å². The van der Waals surface area contributed by atoms with Crippen LogP contribution in [0.15, 0.2) is 0 Å². The molecule has 0 spiro atoms. The first kappa shape index (κ1) is 7.11. The summed E-state index contributed by atoms with van der Waals surface area (Å²) in [6, 6.07) is 0. The van der Waals surface area contributed by atoms with Gasteiger partial charge in [0.25, 0.3) is 0 Å². The van der Waals surface area contributed by atoms with E-state index in [1.54, 1.807) is 0 Å². The number of hydrogen-bond acceptors (Lipinski definition) is 0. The zero-order valence-electron chi connectivity index (χ0n) is 6.85. The van der Waals surface area contributed by atoms with E-state index in [0.29, 0.717) is 0 Å². The van der Waals surface area contributed by atoms with Gasteiger partial charge in [-0.1, -0.05) is 40.0 Å². The molecule has 3 atom stereocenters. The summed E-state index contributed by atoms with van der Waals surface area (Å²) in [5, 5.41) is 0. The lowest BCUT2D eigenvalue weighted by atomic mass is 9.75. The fourth-order valence-electron chi connectivity index (χ4n) is 1.85. The minimum Gasteiger partial charge on any atom is -0.0622 e. The summed E-state index contributed by atoms with van der Waals surface area (Å²) in [7, 11) is 0. The molecule has 1 aliphatic carbocycles. The molecule has 9 heavy (non-hydrogen) atoms. The molecule has 1 rings (SSSR count). The average Bonchev–Trinajstić information content (AvgIpc) is 1.83. The molecule has 54 valence electrons. The summed E-state index contributed by atoms with van der Waals surface area (Å²) in [6.07, 6.45) is 4.39. The van der Waals surface area contributed by atoms with E-state index in [1.165, 1.54) is 19.3 Å². The van der Waals surface area contributed by atoms with Crippen molar-refractivity contribution in [2.45, 2.75) is 40.0 Å². The van der Waals surface area contributed by atoms with Crippen molar-refractivity contribution >= 4 is 0 Å². The zero-order chi connectivity index (χ0) is 6.85. The molecule has 0 saturated heterocycles. The quantitative estimate of drug-likeness (QED) is 0.468. The van der Waals surface area contributed by atoms with E-state index in [-0.39, 0.29) is 0 Å². The number of rotatable bonds is 0. The lowest BCUT2D eigenvalue weighted by molar-refractivity contribution is 0.197. The Hall–Kier alpha value is 0. The Bertz CT molecular complexity index is 76.0. The Balaban J connectivity index is 2.41. The monoisotopic (exact) mass is 126 g/mol. The SMILES string of the molecule is CC1CCC[C@@H](C)[C@@H]1C. The van der Waals surface area contributed by atoms with Crippen LogP contribution in [0.4, 0.5) is 0 Å². The summed E-state index contributed by atoms with van der Waals surface area (Å²) in [5.74, 6) is 2.93. The van der Waals surface area contributed by atoms with Crippen LogP contribution < -0.4 is 0 Å². The molecule has 0 aromatic rings. The molecule has 0 bridgehead atoms. The standard InChI is InChI=1S/C9H18/c1-7-5-4-6-8(2)9(7)3/h7-9H,4-6H2,1-3H3/t7-,8?,9+/m1/s1. The van der Waals surface area contributed by atoms with Gasteiger partial charge in [0.2, 0.25) is 0 Å². The third-order valence-corrected chi connectivity index (χ3v) is 3.11. The molecule has 0 nitrogen and oxygen atoms in total. The summed E-state index contributed by atoms with van der Waals surface area (Å²) in [5.41, 5.74) is 0. The molecule has 0 N–H and O–H groups in total. The van der Waals surface area contributed by atoms with Crippen LogP contribution in [0.3, 0.4) is 0 Å². The fraction of sp³-hybridized carbons (Fsp3) is 1.00. The molecule has 0 aromatic carbocycles. The Morgan fingerprint density at radius 1 is 0.889 bits per heavy atom. The van der Waals surface area contributed by atoms with Crippen molar-refractivity contribution in [3.63, 3.8) is 0 Å². The maximum atomic E-state index is 2.40. The molecule has 0 amide bonds. The predicted octanol–water partition coefficient (Wildman–Crippen LogP) is 3.08. The molecular formula is C9H18. The summed E-state index contributed by atoms with van der Waals surface area (Å²) >= 11 is 0. The number of hydrogen-bond donors (Lipinski definition) is 0. The second kappa shape index (κ2) is 2.72. The molecule has 0 aliphatic heterocycles. The highest BCUT2D eigenvalue weighted by atomic mass is 14.3. The Morgan fingerprint density at radius 2 is 1.33 bits per heavy atom. The molecule has 0 aromatic heterocycles. The van der Waals surface area contributed by atoms with Crippen LogP contribution in [-0.4, -0.2) is 0 Å². The Morgan fingerprint density at radius 3 is 1.67 bits per heavy atom. The van der Waals surface area contributed by atoms with Crippen LogP contribution in [0.1, 0.15) is 40.0 Å². The van der Waals surface area contributed by atoms with Crippen molar-refractivity contribution in [2.75, 3.05) is 0 Å². The normalized spacial score (nSPS) is 45.0. The highest BCUT2D eigenvalue weighted by Crippen LogP contribution is 2.33. The summed E-state index contributed by atoms with van der Waals surface area (Å²) in [6.45, 7) is 7.18. The molecule has 1 unspecified atom stereocenters. The van der Waals surface area contributed by atoms with Gasteiger partial charge in [0.1, 0.15) is 0 Å². The van der Waals surface area contributed by atoms with Gasteiger partial charge in [-0.05, 0) is 17.8 Å². The first-order valence-electron chi connectivity index (χ1n) is 4.22. The van der Waals surface area contributed by atoms with Crippen molar-refractivity contribution in [3.05, 3.63) is 0 Å². The van der Waals surface area contributed by atoms with E-state index in [1.807, 2.05) is 0 Å². The van der Waals surface area contributed by atoms with Gasteiger partial charge in [0.15, 0.2) is 0 Å². The smallest absolute Gasteiger partial charge is 0.0391 e. The second-order valence-corrected chi connectivity index (χ2v) is 3.74. The van der Waals surface area contributed by atoms with Crippen molar-refractivity contribution in [1.82, 2.24) is 0 Å². The van der Waals surface area contributed by atoms with E-state index in [4.69, 9.17) is 0 Å². The Kier molecular flexibility index (Phi) is 2.15. The third kappa shape index (κ3) is 1.47. The van der Waals surface area contributed by atoms with Gasteiger partial charge in [0, 0.05) is 0 Å². The second-order valence-electron chi connectivity index (χ2n) is 3.74. The first-order chi connectivity index (χ1) is 4.22. The van der Waals surface area contributed by atoms with Gasteiger partial charge in [-0.3, -0.25) is 0 Å². The van der Waals surface area contributed by atoms with Crippen LogP contribution in [-0.2, 0) is 0 Å². The molecule has 1 aliphatic rings. The van der Waals surface area contributed by atoms with Crippen LogP contribution in [0.5, 0.6) is 0 Å². The minimum atomic E-state index is 0.971. The van der Waals surface area contributed by atoms with Crippen LogP contribution in [0.2, 0.25) is 0 Å². The van der Waals surface area contributed by atoms with Crippen molar-refractivity contribution < 1.29 is 0 Å². The summed E-state index contributed by atoms with van der Waals surface area (Å²) < 4.78 is 0. The topological polar surface area (TPSA) is 0 Å². The fourth-order valence-corrected chi connectivity index (χ4v) is 1.85. The third-order valence-electron chi connectivity index (χ3n) is 3.11. The summed E-state index contributed by atoms with van der Waals surface area (Å²) in [4.78, 5) is 0. The van der Waals surface area contributed by atoms with E-state index in [0.717, 1.165) is 17.8 Å². The molecule has 0 radical (unpaired) electrons. The molecule has 0 heteroatoms. The maximum Gasteiger partial charge on any atom is -0.0391 e. The largest absolute Gasteiger partial charge is 0.0622 e. The van der Waals surface area contributed by atoms with E-state index in [2.05, 4.69) is 20.8 Å². The van der Waals surface area contributed by atoms with Crippen molar-refractivity contribution in [1.29, 1.82) is 0 Å². The highest BCUT2D eigenvalue weighted by Gasteiger charge is 2.22. The lowest BCUT2D eigenvalue weighted by Crippen LogP contribution is -2.21. The van der Waals surface area contributed by atoms with Gasteiger partial charge in [-0.25, -0.2) is 0 Å². The van der Waals surface area contributed by atoms with Gasteiger partial charge < -0.3 is 0 Å². The van der Waals surface area contributed by atoms with Crippen LogP contribution in [0, 0.1) is 17.8 Å². The van der Waals surface area contributed by atoms with Crippen molar-refractivity contribution in [2.24, 2.45) is 17.8 Å². The van der Waals surface area contributed by atoms with Crippen LogP contribution in [0.25, 0.3) is 0 Å². The molecule has 1 saturated carbocycles. The molecule has 1 fully saturated rings. The van der Waals surface area contributed by atoms with Gasteiger partial charge >= 0.3 is 0 Å². The first-order valence-corrected chi connectivity index (χ1v) is 4.22. The predicted molar refractivity (Wildman–Crippen MR) is 41.3 cm³/mol. The Labute approximate surface area is 58.7 Å². The molecular weight excluding hydrogens is 108 g/mol.